The van der Waals surface area contributed by atoms with E-state index >= 15 is 0 Å². The summed E-state index contributed by atoms with van der Waals surface area (Å²) in [5.41, 5.74) is 3.11. The minimum absolute atomic E-state index is 0.0580. The van der Waals surface area contributed by atoms with Gasteiger partial charge in [-0.15, -0.1) is 11.8 Å². The lowest BCUT2D eigenvalue weighted by molar-refractivity contribution is -0.139. The average molecular weight is 467 g/mol. The van der Waals surface area contributed by atoms with Crippen LogP contribution in [0.1, 0.15) is 16.7 Å². The fourth-order valence-corrected chi connectivity index (χ4v) is 4.42. The van der Waals surface area contributed by atoms with Gasteiger partial charge in [-0.25, -0.2) is 0 Å². The zero-order valence-corrected chi connectivity index (χ0v) is 19.6. The highest BCUT2D eigenvalue weighted by Crippen LogP contribution is 2.19. The lowest BCUT2D eigenvalue weighted by Gasteiger charge is -2.31. The molecule has 0 aliphatic carbocycles. The predicted molar refractivity (Wildman–Crippen MR) is 133 cm³/mol. The molecule has 0 fully saturated rings. The molecule has 0 bridgehead atoms. The molecule has 0 saturated carbocycles. The number of hydrogen-bond acceptors (Lipinski definition) is 3. The predicted octanol–water partition coefficient (Wildman–Crippen LogP) is 4.96. The maximum absolute atomic E-state index is 13.3. The van der Waals surface area contributed by atoms with Gasteiger partial charge in [-0.1, -0.05) is 84.4 Å². The van der Waals surface area contributed by atoms with Crippen molar-refractivity contribution >= 4 is 35.2 Å². The van der Waals surface area contributed by atoms with Gasteiger partial charge in [0.15, 0.2) is 0 Å². The van der Waals surface area contributed by atoms with Gasteiger partial charge in [0.05, 0.1) is 5.75 Å². The normalized spacial score (nSPS) is 11.6. The maximum atomic E-state index is 13.3. The highest BCUT2D eigenvalue weighted by Gasteiger charge is 2.29. The van der Waals surface area contributed by atoms with Gasteiger partial charge in [-0.3, -0.25) is 9.59 Å². The number of benzene rings is 3. The van der Waals surface area contributed by atoms with Crippen LogP contribution in [-0.4, -0.2) is 35.6 Å². The van der Waals surface area contributed by atoms with E-state index in [-0.39, 0.29) is 17.6 Å². The molecule has 0 aromatic heterocycles. The van der Waals surface area contributed by atoms with Crippen LogP contribution in [0, 0.1) is 0 Å². The second-order valence-electron chi connectivity index (χ2n) is 7.45. The van der Waals surface area contributed by atoms with Crippen LogP contribution in [-0.2, 0) is 28.3 Å². The summed E-state index contributed by atoms with van der Waals surface area (Å²) in [4.78, 5) is 27.9. The van der Waals surface area contributed by atoms with Gasteiger partial charge >= 0.3 is 0 Å². The molecule has 3 aromatic rings. The van der Waals surface area contributed by atoms with E-state index in [4.69, 9.17) is 11.6 Å². The Hall–Kier alpha value is -2.76. The van der Waals surface area contributed by atoms with Crippen molar-refractivity contribution < 1.29 is 9.59 Å². The second kappa shape index (κ2) is 12.3. The Morgan fingerprint density at radius 1 is 0.875 bits per heavy atom. The zero-order chi connectivity index (χ0) is 22.8. The molecule has 4 nitrogen and oxygen atoms in total. The first-order chi connectivity index (χ1) is 15.6. The minimum Gasteiger partial charge on any atom is -0.357 e. The summed E-state index contributed by atoms with van der Waals surface area (Å²) in [5, 5.41) is 3.43. The molecule has 2 amide bonds. The Balaban J connectivity index is 1.77. The molecular formula is C26H27ClN2O2S. The van der Waals surface area contributed by atoms with Gasteiger partial charge in [-0.05, 0) is 28.8 Å². The zero-order valence-electron chi connectivity index (χ0n) is 18.0. The third kappa shape index (κ3) is 7.14. The molecule has 0 spiro atoms. The average Bonchev–Trinajstić information content (AvgIpc) is 2.83. The van der Waals surface area contributed by atoms with Crippen LogP contribution in [0.3, 0.4) is 0 Å². The number of likely N-dealkylation sites (N-methyl/N-ethyl adjacent to an activating group) is 1. The molecule has 1 N–H and O–H groups in total. The summed E-state index contributed by atoms with van der Waals surface area (Å²) >= 11 is 7.49. The van der Waals surface area contributed by atoms with Gasteiger partial charge in [0, 0.05) is 30.8 Å². The first-order valence-corrected chi connectivity index (χ1v) is 12.0. The van der Waals surface area contributed by atoms with Gasteiger partial charge in [0.25, 0.3) is 0 Å². The van der Waals surface area contributed by atoms with E-state index in [2.05, 4.69) is 5.32 Å². The molecule has 0 saturated heterocycles. The lowest BCUT2D eigenvalue weighted by atomic mass is 10.0. The standard InChI is InChI=1S/C26H27ClN2O2S/c1-28-26(31)24(16-20-8-4-2-5-9-20)29(17-21-10-6-3-7-11-21)25(30)19-32-18-22-12-14-23(27)15-13-22/h2-15,24H,16-19H2,1H3,(H,28,31)/t24-/m1/s1. The Morgan fingerprint density at radius 3 is 2.06 bits per heavy atom. The van der Waals surface area contributed by atoms with Gasteiger partial charge in [0.1, 0.15) is 6.04 Å². The fraction of sp³-hybridized carbons (Fsp3) is 0.231. The lowest BCUT2D eigenvalue weighted by Crippen LogP contribution is -2.50. The van der Waals surface area contributed by atoms with Crippen molar-refractivity contribution in [2.24, 2.45) is 0 Å². The third-order valence-corrected chi connectivity index (χ3v) is 6.36. The number of rotatable bonds is 10. The van der Waals surface area contributed by atoms with Crippen LogP contribution < -0.4 is 5.32 Å². The Morgan fingerprint density at radius 2 is 1.47 bits per heavy atom. The Kier molecular flexibility index (Phi) is 9.20. The SMILES string of the molecule is CNC(=O)[C@@H](Cc1ccccc1)N(Cc1ccccc1)C(=O)CSCc1ccc(Cl)cc1. The van der Waals surface area contributed by atoms with Gasteiger partial charge in [-0.2, -0.15) is 0 Å². The Labute approximate surface area is 199 Å². The monoisotopic (exact) mass is 466 g/mol. The number of thioether (sulfide) groups is 1. The van der Waals surface area contributed by atoms with Crippen molar-refractivity contribution in [2.45, 2.75) is 24.8 Å². The minimum atomic E-state index is -0.591. The Bertz CT molecular complexity index is 997. The molecule has 0 radical (unpaired) electrons. The molecule has 1 atom stereocenters. The van der Waals surface area contributed by atoms with Crippen molar-refractivity contribution in [3.05, 3.63) is 107 Å². The number of nitrogens with zero attached hydrogens (tertiary/aromatic N) is 1. The molecule has 32 heavy (non-hydrogen) atoms. The fourth-order valence-electron chi connectivity index (χ4n) is 3.42. The summed E-state index contributed by atoms with van der Waals surface area (Å²) in [6.45, 7) is 0.381. The van der Waals surface area contributed by atoms with Crippen molar-refractivity contribution in [2.75, 3.05) is 12.8 Å². The smallest absolute Gasteiger partial charge is 0.242 e. The van der Waals surface area contributed by atoms with E-state index in [1.54, 1.807) is 11.9 Å². The van der Waals surface area contributed by atoms with Crippen LogP contribution in [0.25, 0.3) is 0 Å². The van der Waals surface area contributed by atoms with Crippen molar-refractivity contribution in [1.82, 2.24) is 10.2 Å². The van der Waals surface area contributed by atoms with E-state index in [0.29, 0.717) is 23.7 Å². The van der Waals surface area contributed by atoms with Crippen LogP contribution in [0.2, 0.25) is 5.02 Å². The maximum Gasteiger partial charge on any atom is 0.242 e. The molecule has 0 aliphatic heterocycles. The van der Waals surface area contributed by atoms with Crippen molar-refractivity contribution in [1.29, 1.82) is 0 Å². The summed E-state index contributed by atoms with van der Waals surface area (Å²) in [6, 6.07) is 26.6. The molecule has 6 heteroatoms. The topological polar surface area (TPSA) is 49.4 Å². The van der Waals surface area contributed by atoms with Gasteiger partial charge < -0.3 is 10.2 Å². The van der Waals surface area contributed by atoms with E-state index in [1.807, 2.05) is 84.9 Å². The summed E-state index contributed by atoms with van der Waals surface area (Å²) in [5.74, 6) is 0.765. The second-order valence-corrected chi connectivity index (χ2v) is 8.87. The number of halogens is 1. The van der Waals surface area contributed by atoms with E-state index in [0.717, 1.165) is 16.7 Å². The van der Waals surface area contributed by atoms with Crippen LogP contribution in [0.4, 0.5) is 0 Å². The van der Waals surface area contributed by atoms with Crippen molar-refractivity contribution in [3.8, 4) is 0 Å². The number of nitrogens with one attached hydrogen (secondary N) is 1. The van der Waals surface area contributed by atoms with E-state index < -0.39 is 6.04 Å². The number of carbonyl (C=O) groups is 2. The summed E-state index contributed by atoms with van der Waals surface area (Å²) < 4.78 is 0. The first kappa shape index (κ1) is 23.9. The number of amides is 2. The molecule has 0 heterocycles. The molecule has 0 unspecified atom stereocenters. The molecule has 0 aliphatic rings. The molecule has 3 rings (SSSR count). The van der Waals surface area contributed by atoms with E-state index in [1.165, 1.54) is 11.8 Å². The number of hydrogen-bond donors (Lipinski definition) is 1. The van der Waals surface area contributed by atoms with Crippen LogP contribution in [0.5, 0.6) is 0 Å². The third-order valence-electron chi connectivity index (χ3n) is 5.12. The highest BCUT2D eigenvalue weighted by molar-refractivity contribution is 7.99. The molecule has 166 valence electrons. The number of carbonyl (C=O) groups excluding carboxylic acids is 2. The van der Waals surface area contributed by atoms with Crippen LogP contribution >= 0.6 is 23.4 Å². The molecule has 3 aromatic carbocycles. The summed E-state index contributed by atoms with van der Waals surface area (Å²) in [7, 11) is 1.61. The van der Waals surface area contributed by atoms with Crippen LogP contribution in [0.15, 0.2) is 84.9 Å². The molecular weight excluding hydrogens is 440 g/mol. The largest absolute Gasteiger partial charge is 0.357 e. The van der Waals surface area contributed by atoms with Gasteiger partial charge in [0.2, 0.25) is 11.8 Å². The quantitative estimate of drug-likeness (QED) is 0.459. The first-order valence-electron chi connectivity index (χ1n) is 10.5. The summed E-state index contributed by atoms with van der Waals surface area (Å²) in [6.07, 6.45) is 0.459. The van der Waals surface area contributed by atoms with E-state index in [9.17, 15) is 9.59 Å². The van der Waals surface area contributed by atoms with Crippen molar-refractivity contribution in [3.63, 3.8) is 0 Å². The highest BCUT2D eigenvalue weighted by atomic mass is 35.5.